The van der Waals surface area contributed by atoms with Crippen LogP contribution in [-0.4, -0.2) is 35.1 Å². The fraction of sp³-hybridized carbons (Fsp3) is 0.688. The maximum atomic E-state index is 12.1. The number of nitrogens with one attached hydrogen (secondary N) is 1. The first-order valence-corrected chi connectivity index (χ1v) is 8.00. The first-order valence-electron chi connectivity index (χ1n) is 8.00. The smallest absolute Gasteiger partial charge is 0.254 e. The molecule has 1 aromatic rings. The standard InChI is InChI=1S/C16H25N3O2/c1-2-6-15-14(11-17-12-19-15)16(20)18-9-4-3-7-13-8-5-10-21-13/h11-13H,2-10H2,1H3,(H,18,20). The van der Waals surface area contributed by atoms with Gasteiger partial charge in [0, 0.05) is 19.3 Å². The van der Waals surface area contributed by atoms with Crippen molar-refractivity contribution in [3.05, 3.63) is 23.8 Å². The van der Waals surface area contributed by atoms with Crippen molar-refractivity contribution < 1.29 is 9.53 Å². The molecule has 0 spiro atoms. The topological polar surface area (TPSA) is 64.1 Å². The Kier molecular flexibility index (Phi) is 6.60. The van der Waals surface area contributed by atoms with Gasteiger partial charge in [-0.15, -0.1) is 0 Å². The van der Waals surface area contributed by atoms with Gasteiger partial charge in [0.05, 0.1) is 17.4 Å². The van der Waals surface area contributed by atoms with Crippen LogP contribution < -0.4 is 5.32 Å². The molecule has 0 aromatic carbocycles. The zero-order valence-electron chi connectivity index (χ0n) is 12.8. The second-order valence-electron chi connectivity index (χ2n) is 5.52. The van der Waals surface area contributed by atoms with Gasteiger partial charge in [-0.3, -0.25) is 4.79 Å². The Hall–Kier alpha value is -1.49. The molecule has 1 atom stereocenters. The van der Waals surface area contributed by atoms with E-state index in [-0.39, 0.29) is 5.91 Å². The Labute approximate surface area is 126 Å². The van der Waals surface area contributed by atoms with E-state index in [9.17, 15) is 4.79 Å². The van der Waals surface area contributed by atoms with E-state index >= 15 is 0 Å². The van der Waals surface area contributed by atoms with Crippen LogP contribution in [-0.2, 0) is 11.2 Å². The number of rotatable bonds is 8. The largest absolute Gasteiger partial charge is 0.378 e. The van der Waals surface area contributed by atoms with E-state index in [0.717, 1.165) is 44.4 Å². The number of aromatic nitrogens is 2. The molecule has 1 unspecified atom stereocenters. The maximum Gasteiger partial charge on any atom is 0.254 e. The van der Waals surface area contributed by atoms with Gasteiger partial charge < -0.3 is 10.1 Å². The van der Waals surface area contributed by atoms with Crippen molar-refractivity contribution in [3.63, 3.8) is 0 Å². The van der Waals surface area contributed by atoms with E-state index in [1.165, 1.54) is 19.2 Å². The van der Waals surface area contributed by atoms with Crippen LogP contribution in [0.4, 0.5) is 0 Å². The summed E-state index contributed by atoms with van der Waals surface area (Å²) in [5.74, 6) is -0.0591. The van der Waals surface area contributed by atoms with Crippen LogP contribution in [0.3, 0.4) is 0 Å². The number of ether oxygens (including phenoxy) is 1. The van der Waals surface area contributed by atoms with Crippen molar-refractivity contribution in [1.29, 1.82) is 0 Å². The summed E-state index contributed by atoms with van der Waals surface area (Å²) in [6.45, 7) is 3.69. The minimum Gasteiger partial charge on any atom is -0.378 e. The third-order valence-corrected chi connectivity index (χ3v) is 3.79. The molecule has 116 valence electrons. The molecule has 1 aliphatic heterocycles. The second kappa shape index (κ2) is 8.72. The van der Waals surface area contributed by atoms with Gasteiger partial charge in [-0.1, -0.05) is 13.3 Å². The number of nitrogens with zero attached hydrogens (tertiary/aromatic N) is 2. The Morgan fingerprint density at radius 1 is 1.48 bits per heavy atom. The van der Waals surface area contributed by atoms with Gasteiger partial charge in [0.2, 0.25) is 0 Å². The predicted octanol–water partition coefficient (Wildman–Crippen LogP) is 2.51. The number of aryl methyl sites for hydroxylation is 1. The molecule has 5 heteroatoms. The molecule has 1 saturated heterocycles. The van der Waals surface area contributed by atoms with Gasteiger partial charge in [0.1, 0.15) is 6.33 Å². The van der Waals surface area contributed by atoms with Gasteiger partial charge in [-0.05, 0) is 38.5 Å². The maximum absolute atomic E-state index is 12.1. The fourth-order valence-electron chi connectivity index (χ4n) is 2.65. The molecule has 0 radical (unpaired) electrons. The quantitative estimate of drug-likeness (QED) is 0.747. The summed E-state index contributed by atoms with van der Waals surface area (Å²) in [6.07, 6.45) is 10.9. The SMILES string of the molecule is CCCc1ncncc1C(=O)NCCCCC1CCCO1. The van der Waals surface area contributed by atoms with Crippen molar-refractivity contribution in [2.24, 2.45) is 0 Å². The normalized spacial score (nSPS) is 17.9. The lowest BCUT2D eigenvalue weighted by atomic mass is 10.1. The van der Waals surface area contributed by atoms with Gasteiger partial charge in [-0.25, -0.2) is 9.97 Å². The van der Waals surface area contributed by atoms with Crippen LogP contribution in [0.25, 0.3) is 0 Å². The highest BCUT2D eigenvalue weighted by atomic mass is 16.5. The molecular formula is C16H25N3O2. The molecule has 1 fully saturated rings. The third kappa shape index (κ3) is 5.08. The molecule has 2 heterocycles. The number of amides is 1. The highest BCUT2D eigenvalue weighted by molar-refractivity contribution is 5.94. The Morgan fingerprint density at radius 2 is 2.38 bits per heavy atom. The number of hydrogen-bond donors (Lipinski definition) is 1. The molecular weight excluding hydrogens is 266 g/mol. The van der Waals surface area contributed by atoms with E-state index < -0.39 is 0 Å². The summed E-state index contributed by atoms with van der Waals surface area (Å²) >= 11 is 0. The van der Waals surface area contributed by atoms with E-state index in [4.69, 9.17) is 4.74 Å². The summed E-state index contributed by atoms with van der Waals surface area (Å²) in [4.78, 5) is 20.3. The van der Waals surface area contributed by atoms with Crippen molar-refractivity contribution in [2.45, 2.75) is 58.0 Å². The van der Waals surface area contributed by atoms with Gasteiger partial charge in [0.25, 0.3) is 5.91 Å². The summed E-state index contributed by atoms with van der Waals surface area (Å²) in [5, 5.41) is 2.96. The highest BCUT2D eigenvalue weighted by Crippen LogP contribution is 2.17. The van der Waals surface area contributed by atoms with Gasteiger partial charge in [0.15, 0.2) is 0 Å². The zero-order chi connectivity index (χ0) is 14.9. The number of unbranched alkanes of at least 4 members (excludes halogenated alkanes) is 1. The van der Waals surface area contributed by atoms with Crippen molar-refractivity contribution in [2.75, 3.05) is 13.2 Å². The minimum atomic E-state index is -0.0591. The fourth-order valence-corrected chi connectivity index (χ4v) is 2.65. The Morgan fingerprint density at radius 3 is 3.14 bits per heavy atom. The molecule has 0 bridgehead atoms. The molecule has 1 amide bonds. The second-order valence-corrected chi connectivity index (χ2v) is 5.52. The van der Waals surface area contributed by atoms with Crippen LogP contribution in [0.5, 0.6) is 0 Å². The molecule has 21 heavy (non-hydrogen) atoms. The monoisotopic (exact) mass is 291 g/mol. The van der Waals surface area contributed by atoms with Gasteiger partial charge in [-0.2, -0.15) is 0 Å². The lowest BCUT2D eigenvalue weighted by molar-refractivity contribution is 0.0945. The lowest BCUT2D eigenvalue weighted by Crippen LogP contribution is -2.26. The molecule has 0 aliphatic carbocycles. The Balaban J connectivity index is 1.69. The zero-order valence-corrected chi connectivity index (χ0v) is 12.8. The minimum absolute atomic E-state index is 0.0591. The van der Waals surface area contributed by atoms with Crippen LogP contribution >= 0.6 is 0 Å². The molecule has 2 rings (SSSR count). The van der Waals surface area contributed by atoms with Crippen LogP contribution in [0.15, 0.2) is 12.5 Å². The van der Waals surface area contributed by atoms with Crippen molar-refractivity contribution in [1.82, 2.24) is 15.3 Å². The van der Waals surface area contributed by atoms with Crippen molar-refractivity contribution >= 4 is 5.91 Å². The molecule has 1 aliphatic rings. The molecule has 5 nitrogen and oxygen atoms in total. The average Bonchev–Trinajstić information content (AvgIpc) is 3.01. The summed E-state index contributed by atoms with van der Waals surface area (Å²) < 4.78 is 5.59. The molecule has 1 N–H and O–H groups in total. The Bertz CT molecular complexity index is 445. The van der Waals surface area contributed by atoms with Crippen LogP contribution in [0, 0.1) is 0 Å². The van der Waals surface area contributed by atoms with E-state index in [1.54, 1.807) is 6.20 Å². The van der Waals surface area contributed by atoms with E-state index in [0.29, 0.717) is 18.2 Å². The number of carbonyl (C=O) groups is 1. The first-order chi connectivity index (χ1) is 10.3. The van der Waals surface area contributed by atoms with Crippen LogP contribution in [0.2, 0.25) is 0 Å². The lowest BCUT2D eigenvalue weighted by Gasteiger charge is -2.10. The predicted molar refractivity (Wildman–Crippen MR) is 81.2 cm³/mol. The number of carbonyl (C=O) groups excluding carboxylic acids is 1. The van der Waals surface area contributed by atoms with E-state index in [1.807, 2.05) is 0 Å². The van der Waals surface area contributed by atoms with Crippen molar-refractivity contribution in [3.8, 4) is 0 Å². The first kappa shape index (κ1) is 15.9. The summed E-state index contributed by atoms with van der Waals surface area (Å²) in [7, 11) is 0. The molecule has 0 saturated carbocycles. The third-order valence-electron chi connectivity index (χ3n) is 3.79. The average molecular weight is 291 g/mol. The highest BCUT2D eigenvalue weighted by Gasteiger charge is 2.15. The summed E-state index contributed by atoms with van der Waals surface area (Å²) in [5.41, 5.74) is 1.45. The van der Waals surface area contributed by atoms with Gasteiger partial charge >= 0.3 is 0 Å². The number of hydrogen-bond acceptors (Lipinski definition) is 4. The van der Waals surface area contributed by atoms with Crippen LogP contribution in [0.1, 0.15) is 61.5 Å². The molecule has 1 aromatic heterocycles. The summed E-state index contributed by atoms with van der Waals surface area (Å²) in [6, 6.07) is 0. The van der Waals surface area contributed by atoms with E-state index in [2.05, 4.69) is 22.2 Å².